The number of hydrogen-bond acceptors (Lipinski definition) is 6. The second kappa shape index (κ2) is 10.7. The van der Waals surface area contributed by atoms with Crippen LogP contribution in [0.1, 0.15) is 32.0 Å². The molecule has 8 heteroatoms. The topological polar surface area (TPSA) is 106 Å². The van der Waals surface area contributed by atoms with Crippen LogP contribution in [0.3, 0.4) is 0 Å². The predicted molar refractivity (Wildman–Crippen MR) is 128 cm³/mol. The van der Waals surface area contributed by atoms with Gasteiger partial charge in [-0.3, -0.25) is 9.89 Å². The van der Waals surface area contributed by atoms with Crippen molar-refractivity contribution in [2.45, 2.75) is 6.61 Å². The molecule has 0 unspecified atom stereocenters. The van der Waals surface area contributed by atoms with Gasteiger partial charge in [-0.1, -0.05) is 42.5 Å². The molecule has 0 atom stereocenters. The third kappa shape index (κ3) is 5.74. The van der Waals surface area contributed by atoms with Crippen LogP contribution in [0.2, 0.25) is 0 Å². The van der Waals surface area contributed by atoms with Crippen molar-refractivity contribution in [1.29, 1.82) is 0 Å². The van der Waals surface area contributed by atoms with Gasteiger partial charge in [-0.05, 0) is 53.6 Å². The summed E-state index contributed by atoms with van der Waals surface area (Å²) in [7, 11) is 1.32. The quantitative estimate of drug-likeness (QED) is 0.236. The average Bonchev–Trinajstić information content (AvgIpc) is 3.39. The third-order valence-electron chi connectivity index (χ3n) is 4.93. The van der Waals surface area contributed by atoms with Gasteiger partial charge in [0.2, 0.25) is 0 Å². The van der Waals surface area contributed by atoms with Crippen molar-refractivity contribution in [3.8, 4) is 17.0 Å². The first-order valence-electron chi connectivity index (χ1n) is 10.5. The number of rotatable bonds is 8. The van der Waals surface area contributed by atoms with E-state index in [2.05, 4.69) is 25.5 Å². The monoisotopic (exact) mass is 454 g/mol. The Kier molecular flexibility index (Phi) is 7.09. The number of carbonyl (C=O) groups is 2. The van der Waals surface area contributed by atoms with Gasteiger partial charge in [0.25, 0.3) is 5.91 Å². The fourth-order valence-corrected chi connectivity index (χ4v) is 3.10. The number of H-pyrrole nitrogens is 1. The van der Waals surface area contributed by atoms with E-state index in [-0.39, 0.29) is 5.69 Å². The normalized spacial score (nSPS) is 10.7. The van der Waals surface area contributed by atoms with E-state index in [1.807, 2.05) is 54.6 Å². The van der Waals surface area contributed by atoms with Crippen LogP contribution in [-0.2, 0) is 11.3 Å². The lowest BCUT2D eigenvalue weighted by Crippen LogP contribution is -2.18. The van der Waals surface area contributed by atoms with E-state index in [1.165, 1.54) is 13.3 Å². The molecule has 3 aromatic carbocycles. The molecule has 170 valence electrons. The highest BCUT2D eigenvalue weighted by atomic mass is 16.5. The summed E-state index contributed by atoms with van der Waals surface area (Å²) < 4.78 is 10.5. The highest BCUT2D eigenvalue weighted by Crippen LogP contribution is 2.22. The number of carbonyl (C=O) groups excluding carboxylic acids is 2. The summed E-state index contributed by atoms with van der Waals surface area (Å²) in [6.45, 7) is 0.489. The molecule has 0 radical (unpaired) electrons. The Morgan fingerprint density at radius 2 is 1.74 bits per heavy atom. The number of esters is 1. The minimum atomic E-state index is -0.427. The maximum atomic E-state index is 12.4. The van der Waals surface area contributed by atoms with Crippen LogP contribution < -0.4 is 10.2 Å². The molecule has 0 aliphatic carbocycles. The smallest absolute Gasteiger partial charge is 0.337 e. The van der Waals surface area contributed by atoms with Gasteiger partial charge in [0.1, 0.15) is 18.1 Å². The van der Waals surface area contributed by atoms with E-state index < -0.39 is 11.9 Å². The molecule has 34 heavy (non-hydrogen) atoms. The molecule has 4 rings (SSSR count). The summed E-state index contributed by atoms with van der Waals surface area (Å²) in [4.78, 5) is 23.8. The van der Waals surface area contributed by atoms with Gasteiger partial charge in [-0.25, -0.2) is 10.2 Å². The van der Waals surface area contributed by atoms with Crippen molar-refractivity contribution in [2.24, 2.45) is 5.10 Å². The lowest BCUT2D eigenvalue weighted by atomic mass is 10.1. The Hall–Kier alpha value is -4.72. The Bertz CT molecular complexity index is 1280. The second-order valence-electron chi connectivity index (χ2n) is 7.28. The maximum absolute atomic E-state index is 12.4. The zero-order chi connectivity index (χ0) is 23.8. The van der Waals surface area contributed by atoms with Crippen LogP contribution in [0, 0.1) is 0 Å². The summed E-state index contributed by atoms with van der Waals surface area (Å²) in [5.74, 6) is -0.0970. The molecule has 1 heterocycles. The molecular formula is C26H22N4O4. The molecule has 0 saturated heterocycles. The zero-order valence-electron chi connectivity index (χ0n) is 18.4. The number of benzene rings is 3. The molecule has 0 fully saturated rings. The van der Waals surface area contributed by atoms with E-state index >= 15 is 0 Å². The molecule has 0 bridgehead atoms. The van der Waals surface area contributed by atoms with Gasteiger partial charge in [0, 0.05) is 5.56 Å². The van der Waals surface area contributed by atoms with Gasteiger partial charge in [-0.2, -0.15) is 10.2 Å². The lowest BCUT2D eigenvalue weighted by molar-refractivity contribution is 0.0600. The van der Waals surface area contributed by atoms with Crippen molar-refractivity contribution in [3.63, 3.8) is 0 Å². The first-order chi connectivity index (χ1) is 16.6. The van der Waals surface area contributed by atoms with E-state index in [0.717, 1.165) is 16.9 Å². The third-order valence-corrected chi connectivity index (χ3v) is 4.93. The molecule has 8 nitrogen and oxygen atoms in total. The average molecular weight is 454 g/mol. The summed E-state index contributed by atoms with van der Waals surface area (Å²) >= 11 is 0. The Balaban J connectivity index is 1.32. The van der Waals surface area contributed by atoms with E-state index in [4.69, 9.17) is 4.74 Å². The highest BCUT2D eigenvalue weighted by Gasteiger charge is 2.11. The molecule has 0 aliphatic rings. The van der Waals surface area contributed by atoms with Crippen LogP contribution in [-0.4, -0.2) is 35.4 Å². The van der Waals surface area contributed by atoms with Crippen molar-refractivity contribution >= 4 is 18.1 Å². The molecule has 1 aromatic heterocycles. The van der Waals surface area contributed by atoms with E-state index in [9.17, 15) is 9.59 Å². The van der Waals surface area contributed by atoms with Crippen LogP contribution >= 0.6 is 0 Å². The van der Waals surface area contributed by atoms with Crippen molar-refractivity contribution in [2.75, 3.05) is 7.11 Å². The maximum Gasteiger partial charge on any atom is 0.337 e. The van der Waals surface area contributed by atoms with Crippen LogP contribution in [0.25, 0.3) is 11.3 Å². The highest BCUT2D eigenvalue weighted by molar-refractivity contribution is 5.94. The molecule has 2 N–H and O–H groups in total. The molecule has 0 spiro atoms. The minimum absolute atomic E-state index is 0.276. The zero-order valence-corrected chi connectivity index (χ0v) is 18.4. The summed E-state index contributed by atoms with van der Waals surface area (Å²) in [6.07, 6.45) is 1.48. The number of aromatic nitrogens is 2. The summed E-state index contributed by atoms with van der Waals surface area (Å²) in [6, 6.07) is 25.7. The predicted octanol–water partition coefficient (Wildman–Crippen LogP) is 4.21. The van der Waals surface area contributed by atoms with Crippen LogP contribution in [0.15, 0.2) is 90.0 Å². The molecule has 0 saturated carbocycles. The number of aromatic amines is 1. The summed E-state index contributed by atoms with van der Waals surface area (Å²) in [5, 5.41) is 10.9. The van der Waals surface area contributed by atoms with Crippen molar-refractivity contribution < 1.29 is 19.1 Å². The Morgan fingerprint density at radius 3 is 2.44 bits per heavy atom. The largest absolute Gasteiger partial charge is 0.489 e. The van der Waals surface area contributed by atoms with Crippen LogP contribution in [0.4, 0.5) is 0 Å². The molecular weight excluding hydrogens is 432 g/mol. The van der Waals surface area contributed by atoms with Gasteiger partial charge in [0.05, 0.1) is 24.6 Å². The number of hydrogen-bond donors (Lipinski definition) is 2. The van der Waals surface area contributed by atoms with E-state index in [1.54, 1.807) is 30.3 Å². The molecule has 4 aromatic rings. The first kappa shape index (κ1) is 22.5. The molecule has 0 aliphatic heterocycles. The van der Waals surface area contributed by atoms with Gasteiger partial charge in [-0.15, -0.1) is 0 Å². The van der Waals surface area contributed by atoms with Crippen LogP contribution in [0.5, 0.6) is 5.75 Å². The first-order valence-corrected chi connectivity index (χ1v) is 10.5. The number of methoxy groups -OCH3 is 1. The van der Waals surface area contributed by atoms with Gasteiger partial charge >= 0.3 is 5.97 Å². The standard InChI is InChI=1S/C26H22N4O4/c1-33-26(32)21-9-7-18(8-10-21)16-27-30-25(31)24-15-23(28-29-24)20-11-13-22(14-12-20)34-17-19-5-3-2-4-6-19/h2-16H,17H2,1H3,(H,28,29)(H,30,31)/b27-16-. The van der Waals surface area contributed by atoms with Gasteiger partial charge < -0.3 is 9.47 Å². The fraction of sp³-hybridized carbons (Fsp3) is 0.0769. The Labute approximate surface area is 196 Å². The number of nitrogens with one attached hydrogen (secondary N) is 2. The van der Waals surface area contributed by atoms with Gasteiger partial charge in [0.15, 0.2) is 0 Å². The molecule has 1 amide bonds. The second-order valence-corrected chi connectivity index (χ2v) is 7.28. The van der Waals surface area contributed by atoms with E-state index in [0.29, 0.717) is 23.4 Å². The minimum Gasteiger partial charge on any atom is -0.489 e. The number of amides is 1. The lowest BCUT2D eigenvalue weighted by Gasteiger charge is -2.06. The number of ether oxygens (including phenoxy) is 2. The number of nitrogens with zero attached hydrogens (tertiary/aromatic N) is 2. The Morgan fingerprint density at radius 1 is 1.00 bits per heavy atom. The number of hydrazone groups is 1. The van der Waals surface area contributed by atoms with Crippen molar-refractivity contribution in [1.82, 2.24) is 15.6 Å². The summed E-state index contributed by atoms with van der Waals surface area (Å²) in [5.41, 5.74) is 6.44. The fourth-order valence-electron chi connectivity index (χ4n) is 3.10. The van der Waals surface area contributed by atoms with Crippen molar-refractivity contribution in [3.05, 3.63) is 107 Å². The SMILES string of the molecule is COC(=O)c1ccc(/C=N\NC(=O)c2cc(-c3ccc(OCc4ccccc4)cc3)n[nH]2)cc1.